The van der Waals surface area contributed by atoms with E-state index in [1.807, 2.05) is 24.3 Å². The van der Waals surface area contributed by atoms with Crippen LogP contribution in [0.15, 0.2) is 24.3 Å². The average Bonchev–Trinajstić information content (AvgIpc) is 3.14. The molecule has 0 aromatic heterocycles. The number of hydrogen-bond donors (Lipinski definition) is 1. The highest BCUT2D eigenvalue weighted by atomic mass is 16.6. The zero-order chi connectivity index (χ0) is 19.6. The Kier molecular flexibility index (Phi) is 5.58. The van der Waals surface area contributed by atoms with Gasteiger partial charge < -0.3 is 14.8 Å². The van der Waals surface area contributed by atoms with Gasteiger partial charge in [0.2, 0.25) is 11.8 Å². The summed E-state index contributed by atoms with van der Waals surface area (Å²) in [4.78, 5) is 26.9. The molecule has 1 aromatic rings. The van der Waals surface area contributed by atoms with Crippen LogP contribution >= 0.6 is 0 Å². The van der Waals surface area contributed by atoms with Crippen LogP contribution in [0.1, 0.15) is 51.9 Å². The van der Waals surface area contributed by atoms with Gasteiger partial charge >= 0.3 is 0 Å². The van der Waals surface area contributed by atoms with E-state index in [-0.39, 0.29) is 29.4 Å². The molecule has 2 fully saturated rings. The Bertz CT molecular complexity index is 709. The number of amides is 2. The molecule has 1 spiro atoms. The normalized spacial score (nSPS) is 24.6. The lowest BCUT2D eigenvalue weighted by Crippen LogP contribution is -2.53. The van der Waals surface area contributed by atoms with Crippen LogP contribution in [-0.4, -0.2) is 48.6 Å². The molecule has 28 heavy (non-hydrogen) atoms. The van der Waals surface area contributed by atoms with Gasteiger partial charge in [0.25, 0.3) is 0 Å². The molecule has 3 aliphatic rings. The first-order valence-corrected chi connectivity index (χ1v) is 10.5. The van der Waals surface area contributed by atoms with Crippen molar-refractivity contribution >= 4 is 11.8 Å². The standard InChI is InChI=1S/C22H30N2O4/c1-2-16(23-13-17-15-27-18-7-3-4-8-19(18)28-17)14-24-20(25)11-22(12-21(24)26)9-5-6-10-22/h3-4,7-8,16-17,23H,2,5-6,9-15H2,1H3. The van der Waals surface area contributed by atoms with Gasteiger partial charge in [-0.2, -0.15) is 0 Å². The summed E-state index contributed by atoms with van der Waals surface area (Å²) in [5.41, 5.74) is -0.0412. The molecule has 2 amide bonds. The Labute approximate surface area is 166 Å². The third-order valence-corrected chi connectivity index (χ3v) is 6.42. The predicted molar refractivity (Wildman–Crippen MR) is 105 cm³/mol. The van der Waals surface area contributed by atoms with Crippen molar-refractivity contribution in [2.45, 2.75) is 64.0 Å². The Morgan fingerprint density at radius 3 is 2.50 bits per heavy atom. The maximum Gasteiger partial charge on any atom is 0.229 e. The fraction of sp³-hybridized carbons (Fsp3) is 0.636. The summed E-state index contributed by atoms with van der Waals surface area (Å²) in [6, 6.07) is 7.72. The number of ether oxygens (including phenoxy) is 2. The Morgan fingerprint density at radius 1 is 1.14 bits per heavy atom. The molecule has 1 saturated heterocycles. The van der Waals surface area contributed by atoms with Gasteiger partial charge in [-0.3, -0.25) is 14.5 Å². The highest BCUT2D eigenvalue weighted by molar-refractivity contribution is 5.98. The maximum absolute atomic E-state index is 12.7. The minimum Gasteiger partial charge on any atom is -0.486 e. The number of imide groups is 1. The molecule has 2 heterocycles. The first-order chi connectivity index (χ1) is 13.6. The number of para-hydroxylation sites is 2. The summed E-state index contributed by atoms with van der Waals surface area (Å²) in [7, 11) is 0. The van der Waals surface area contributed by atoms with Gasteiger partial charge in [0.1, 0.15) is 12.7 Å². The van der Waals surface area contributed by atoms with E-state index in [0.717, 1.165) is 43.6 Å². The Morgan fingerprint density at radius 2 is 1.82 bits per heavy atom. The van der Waals surface area contributed by atoms with E-state index in [0.29, 0.717) is 32.5 Å². The smallest absolute Gasteiger partial charge is 0.229 e. The molecule has 6 nitrogen and oxygen atoms in total. The van der Waals surface area contributed by atoms with Gasteiger partial charge in [-0.15, -0.1) is 0 Å². The third kappa shape index (κ3) is 4.02. The van der Waals surface area contributed by atoms with Crippen LogP contribution < -0.4 is 14.8 Å². The van der Waals surface area contributed by atoms with Crippen LogP contribution in [-0.2, 0) is 9.59 Å². The van der Waals surface area contributed by atoms with Crippen LogP contribution in [0.5, 0.6) is 11.5 Å². The second-order valence-corrected chi connectivity index (χ2v) is 8.47. The molecule has 0 bridgehead atoms. The number of fused-ring (bicyclic) bond motifs is 1. The second kappa shape index (κ2) is 8.11. The molecule has 1 N–H and O–H groups in total. The van der Waals surface area contributed by atoms with Crippen molar-refractivity contribution in [1.82, 2.24) is 10.2 Å². The first kappa shape index (κ1) is 19.2. The highest BCUT2D eigenvalue weighted by Gasteiger charge is 2.45. The van der Waals surface area contributed by atoms with Gasteiger partial charge in [-0.25, -0.2) is 0 Å². The van der Waals surface area contributed by atoms with Crippen LogP contribution in [0.4, 0.5) is 0 Å². The minimum atomic E-state index is -0.0848. The minimum absolute atomic E-state index is 0.00424. The van der Waals surface area contributed by atoms with E-state index in [1.54, 1.807) is 0 Å². The monoisotopic (exact) mass is 386 g/mol. The number of carbonyl (C=O) groups excluding carboxylic acids is 2. The average molecular weight is 386 g/mol. The van der Waals surface area contributed by atoms with Crippen molar-refractivity contribution in [2.75, 3.05) is 19.7 Å². The fourth-order valence-electron chi connectivity index (χ4n) is 4.74. The predicted octanol–water partition coefficient (Wildman–Crippen LogP) is 2.90. The van der Waals surface area contributed by atoms with E-state index < -0.39 is 0 Å². The number of carbonyl (C=O) groups is 2. The summed E-state index contributed by atoms with van der Waals surface area (Å²) in [5, 5.41) is 3.47. The van der Waals surface area contributed by atoms with Crippen LogP contribution in [0.2, 0.25) is 0 Å². The summed E-state index contributed by atoms with van der Waals surface area (Å²) in [6.07, 6.45) is 6.16. The van der Waals surface area contributed by atoms with Crippen LogP contribution in [0.25, 0.3) is 0 Å². The third-order valence-electron chi connectivity index (χ3n) is 6.42. The van der Waals surface area contributed by atoms with Crippen LogP contribution in [0.3, 0.4) is 0 Å². The summed E-state index contributed by atoms with van der Waals surface area (Å²) in [6.45, 7) is 3.62. The van der Waals surface area contributed by atoms with E-state index in [2.05, 4.69) is 12.2 Å². The van der Waals surface area contributed by atoms with Gasteiger partial charge in [0.15, 0.2) is 11.5 Å². The summed E-state index contributed by atoms with van der Waals surface area (Å²) in [5.74, 6) is 1.54. The van der Waals surface area contributed by atoms with E-state index in [1.165, 1.54) is 4.90 Å². The Hall–Kier alpha value is -2.08. The van der Waals surface area contributed by atoms with Gasteiger partial charge in [-0.05, 0) is 36.8 Å². The maximum atomic E-state index is 12.7. The molecule has 2 unspecified atom stereocenters. The number of benzene rings is 1. The molecule has 6 heteroatoms. The molecule has 1 aromatic carbocycles. The number of likely N-dealkylation sites (tertiary alicyclic amines) is 1. The number of rotatable bonds is 6. The zero-order valence-electron chi connectivity index (χ0n) is 16.6. The molecular formula is C22H30N2O4. The lowest BCUT2D eigenvalue weighted by atomic mass is 9.76. The van der Waals surface area contributed by atoms with Crippen molar-refractivity contribution in [3.63, 3.8) is 0 Å². The SMILES string of the molecule is CCC(CN1C(=O)CC2(CCCC2)CC1=O)NCC1COc2ccccc2O1. The van der Waals surface area contributed by atoms with Gasteiger partial charge in [0.05, 0.1) is 0 Å². The highest BCUT2D eigenvalue weighted by Crippen LogP contribution is 2.46. The van der Waals surface area contributed by atoms with E-state index in [4.69, 9.17) is 9.47 Å². The number of piperidine rings is 1. The lowest BCUT2D eigenvalue weighted by molar-refractivity contribution is -0.153. The molecule has 1 aliphatic carbocycles. The number of nitrogens with one attached hydrogen (secondary N) is 1. The largest absolute Gasteiger partial charge is 0.486 e. The number of hydrogen-bond acceptors (Lipinski definition) is 5. The van der Waals surface area contributed by atoms with E-state index in [9.17, 15) is 9.59 Å². The Balaban J connectivity index is 1.30. The summed E-state index contributed by atoms with van der Waals surface area (Å²) < 4.78 is 11.7. The van der Waals surface area contributed by atoms with E-state index >= 15 is 0 Å². The molecule has 2 atom stereocenters. The zero-order valence-corrected chi connectivity index (χ0v) is 16.6. The second-order valence-electron chi connectivity index (χ2n) is 8.47. The van der Waals surface area contributed by atoms with Crippen molar-refractivity contribution in [2.24, 2.45) is 5.41 Å². The first-order valence-electron chi connectivity index (χ1n) is 10.5. The van der Waals surface area contributed by atoms with Gasteiger partial charge in [0, 0.05) is 32.0 Å². The molecule has 4 rings (SSSR count). The molecule has 2 aliphatic heterocycles. The van der Waals surface area contributed by atoms with Crippen LogP contribution in [0, 0.1) is 5.41 Å². The topological polar surface area (TPSA) is 67.9 Å². The number of nitrogens with zero attached hydrogens (tertiary/aromatic N) is 1. The van der Waals surface area contributed by atoms with Gasteiger partial charge in [-0.1, -0.05) is 31.9 Å². The lowest BCUT2D eigenvalue weighted by Gasteiger charge is -2.38. The van der Waals surface area contributed by atoms with Crippen molar-refractivity contribution in [1.29, 1.82) is 0 Å². The van der Waals surface area contributed by atoms with Crippen molar-refractivity contribution in [3.05, 3.63) is 24.3 Å². The molecule has 1 saturated carbocycles. The molecule has 152 valence electrons. The quantitative estimate of drug-likeness (QED) is 0.762. The van der Waals surface area contributed by atoms with Crippen molar-refractivity contribution in [3.8, 4) is 11.5 Å². The molecule has 0 radical (unpaired) electrons. The fourth-order valence-corrected chi connectivity index (χ4v) is 4.74. The molecular weight excluding hydrogens is 356 g/mol. The van der Waals surface area contributed by atoms with Crippen molar-refractivity contribution < 1.29 is 19.1 Å². The summed E-state index contributed by atoms with van der Waals surface area (Å²) >= 11 is 0.